The Bertz CT molecular complexity index is 398. The van der Waals surface area contributed by atoms with Crippen molar-refractivity contribution in [2.45, 2.75) is 38.9 Å². The molecule has 94 valence electrons. The van der Waals surface area contributed by atoms with Gasteiger partial charge >= 0.3 is 0 Å². The summed E-state index contributed by atoms with van der Waals surface area (Å²) in [6.07, 6.45) is 0.588. The van der Waals surface area contributed by atoms with Gasteiger partial charge in [-0.05, 0) is 32.2 Å². The standard InChI is InChI=1S/C10H20N2O3S/c1-9(2,7-11)5-6-12-8(13)10(3,4)16(12,14)15/h5-7,11H2,1-4H3. The van der Waals surface area contributed by atoms with Crippen LogP contribution in [0.5, 0.6) is 0 Å². The third-order valence-electron chi connectivity index (χ3n) is 3.22. The van der Waals surface area contributed by atoms with Crippen LogP contribution in [-0.2, 0) is 14.8 Å². The molecule has 2 N–H and O–H groups in total. The van der Waals surface area contributed by atoms with Gasteiger partial charge in [0.1, 0.15) is 0 Å². The number of nitrogens with two attached hydrogens (primary N) is 1. The molecule has 1 heterocycles. The molecule has 1 amide bonds. The molecule has 16 heavy (non-hydrogen) atoms. The smallest absolute Gasteiger partial charge is 0.258 e. The number of nitrogens with zero attached hydrogens (tertiary/aromatic N) is 1. The average molecular weight is 248 g/mol. The summed E-state index contributed by atoms with van der Waals surface area (Å²) in [4.78, 5) is 11.6. The lowest BCUT2D eigenvalue weighted by Crippen LogP contribution is -2.67. The number of carbonyl (C=O) groups excluding carboxylic acids is 1. The van der Waals surface area contributed by atoms with Crippen molar-refractivity contribution in [3.63, 3.8) is 0 Å². The second-order valence-electron chi connectivity index (χ2n) is 5.51. The zero-order valence-electron chi connectivity index (χ0n) is 10.3. The Balaban J connectivity index is 2.70. The van der Waals surface area contributed by atoms with Gasteiger partial charge in [0.2, 0.25) is 0 Å². The maximum absolute atomic E-state index is 11.8. The molecule has 0 radical (unpaired) electrons. The van der Waals surface area contributed by atoms with Crippen molar-refractivity contribution >= 4 is 15.9 Å². The molecule has 1 saturated heterocycles. The van der Waals surface area contributed by atoms with E-state index in [-0.39, 0.29) is 17.9 Å². The van der Waals surface area contributed by atoms with Crippen molar-refractivity contribution < 1.29 is 13.2 Å². The lowest BCUT2D eigenvalue weighted by atomic mass is 9.89. The zero-order valence-corrected chi connectivity index (χ0v) is 11.1. The number of hydrogen-bond acceptors (Lipinski definition) is 4. The first-order chi connectivity index (χ1) is 7.06. The first-order valence-electron chi connectivity index (χ1n) is 5.33. The van der Waals surface area contributed by atoms with E-state index < -0.39 is 14.8 Å². The Morgan fingerprint density at radius 1 is 1.38 bits per heavy atom. The Labute approximate surface area is 97.0 Å². The minimum atomic E-state index is -3.44. The lowest BCUT2D eigenvalue weighted by molar-refractivity contribution is -0.132. The predicted octanol–water partition coefficient (Wildman–Crippen LogP) is 0.312. The van der Waals surface area contributed by atoms with Crippen LogP contribution in [0.1, 0.15) is 34.1 Å². The average Bonchev–Trinajstić information content (AvgIpc) is 2.17. The van der Waals surface area contributed by atoms with E-state index in [0.29, 0.717) is 13.0 Å². The maximum atomic E-state index is 11.8. The van der Waals surface area contributed by atoms with Crippen molar-refractivity contribution in [2.24, 2.45) is 11.1 Å². The first kappa shape index (κ1) is 13.4. The summed E-state index contributed by atoms with van der Waals surface area (Å²) in [6, 6.07) is 0. The normalized spacial score (nSPS) is 23.1. The van der Waals surface area contributed by atoms with Gasteiger partial charge in [0, 0.05) is 6.54 Å². The third-order valence-corrected chi connectivity index (χ3v) is 5.61. The third kappa shape index (κ3) is 1.84. The van der Waals surface area contributed by atoms with E-state index in [1.165, 1.54) is 13.8 Å². The fraction of sp³-hybridized carbons (Fsp3) is 0.900. The van der Waals surface area contributed by atoms with Crippen molar-refractivity contribution in [3.05, 3.63) is 0 Å². The van der Waals surface area contributed by atoms with Gasteiger partial charge in [0.05, 0.1) is 0 Å². The number of carbonyl (C=O) groups is 1. The largest absolute Gasteiger partial charge is 0.330 e. The van der Waals surface area contributed by atoms with E-state index in [2.05, 4.69) is 0 Å². The predicted molar refractivity (Wildman–Crippen MR) is 62.2 cm³/mol. The summed E-state index contributed by atoms with van der Waals surface area (Å²) in [5.74, 6) is -0.319. The molecule has 1 aliphatic heterocycles. The van der Waals surface area contributed by atoms with E-state index in [9.17, 15) is 13.2 Å². The van der Waals surface area contributed by atoms with Gasteiger partial charge in [-0.2, -0.15) is 0 Å². The highest BCUT2D eigenvalue weighted by atomic mass is 32.2. The number of hydrogen-bond donors (Lipinski definition) is 1. The number of sulfonamides is 1. The molecule has 5 nitrogen and oxygen atoms in total. The summed E-state index contributed by atoms with van der Waals surface area (Å²) in [7, 11) is -3.44. The molecule has 1 rings (SSSR count). The van der Waals surface area contributed by atoms with Crippen molar-refractivity contribution in [1.82, 2.24) is 4.31 Å². The van der Waals surface area contributed by atoms with Crippen LogP contribution in [0.15, 0.2) is 0 Å². The Kier molecular flexibility index (Phi) is 3.11. The minimum Gasteiger partial charge on any atom is -0.330 e. The minimum absolute atomic E-state index is 0.143. The quantitative estimate of drug-likeness (QED) is 0.776. The molecule has 0 aliphatic carbocycles. The van der Waals surface area contributed by atoms with E-state index in [4.69, 9.17) is 5.73 Å². The SMILES string of the molecule is CC(C)(CN)CCN1C(=O)C(C)(C)S1(=O)=O. The molecule has 0 spiro atoms. The monoisotopic (exact) mass is 248 g/mol. The van der Waals surface area contributed by atoms with Crippen LogP contribution < -0.4 is 5.73 Å². The van der Waals surface area contributed by atoms with Crippen LogP contribution in [0.25, 0.3) is 0 Å². The van der Waals surface area contributed by atoms with Crippen LogP contribution in [0.4, 0.5) is 0 Å². The zero-order chi connectivity index (χ0) is 12.8. The van der Waals surface area contributed by atoms with Gasteiger partial charge in [-0.3, -0.25) is 4.79 Å². The molecule has 1 fully saturated rings. The second kappa shape index (κ2) is 3.70. The second-order valence-corrected chi connectivity index (χ2v) is 7.92. The van der Waals surface area contributed by atoms with E-state index in [1.807, 2.05) is 13.8 Å². The van der Waals surface area contributed by atoms with Gasteiger partial charge in [-0.25, -0.2) is 12.7 Å². The van der Waals surface area contributed by atoms with Crippen LogP contribution in [0.3, 0.4) is 0 Å². The summed E-state index contributed by atoms with van der Waals surface area (Å²) < 4.78 is 23.2. The van der Waals surface area contributed by atoms with Crippen LogP contribution >= 0.6 is 0 Å². The van der Waals surface area contributed by atoms with Gasteiger partial charge < -0.3 is 5.73 Å². The van der Waals surface area contributed by atoms with Gasteiger partial charge in [-0.1, -0.05) is 13.8 Å². The van der Waals surface area contributed by atoms with Crippen LogP contribution in [-0.4, -0.2) is 36.5 Å². The highest BCUT2D eigenvalue weighted by Gasteiger charge is 2.59. The highest BCUT2D eigenvalue weighted by Crippen LogP contribution is 2.35. The van der Waals surface area contributed by atoms with Crippen molar-refractivity contribution in [2.75, 3.05) is 13.1 Å². The summed E-state index contributed by atoms with van der Waals surface area (Å²) in [6.45, 7) is 7.49. The summed E-state index contributed by atoms with van der Waals surface area (Å²) in [5.41, 5.74) is 5.41. The number of rotatable bonds is 4. The Hall–Kier alpha value is -0.620. The maximum Gasteiger partial charge on any atom is 0.258 e. The molecule has 0 saturated carbocycles. The molecular formula is C10H20N2O3S. The van der Waals surface area contributed by atoms with Gasteiger partial charge in [-0.15, -0.1) is 0 Å². The molecule has 0 aromatic rings. The Morgan fingerprint density at radius 3 is 2.25 bits per heavy atom. The van der Waals surface area contributed by atoms with E-state index in [1.54, 1.807) is 0 Å². The summed E-state index contributed by atoms with van der Waals surface area (Å²) in [5, 5.41) is 0. The first-order valence-corrected chi connectivity index (χ1v) is 6.77. The van der Waals surface area contributed by atoms with Gasteiger partial charge in [0.25, 0.3) is 15.9 Å². The fourth-order valence-electron chi connectivity index (χ4n) is 1.48. The van der Waals surface area contributed by atoms with E-state index in [0.717, 1.165) is 4.31 Å². The van der Waals surface area contributed by atoms with Crippen LogP contribution in [0.2, 0.25) is 0 Å². The van der Waals surface area contributed by atoms with Gasteiger partial charge in [0.15, 0.2) is 4.75 Å². The summed E-state index contributed by atoms with van der Waals surface area (Å²) >= 11 is 0. The molecule has 6 heteroatoms. The topological polar surface area (TPSA) is 80.5 Å². The highest BCUT2D eigenvalue weighted by molar-refractivity contribution is 7.94. The number of amides is 1. The molecule has 0 atom stereocenters. The van der Waals surface area contributed by atoms with Crippen LogP contribution in [0, 0.1) is 5.41 Å². The molecule has 0 aromatic heterocycles. The molecule has 0 bridgehead atoms. The molecular weight excluding hydrogens is 228 g/mol. The Morgan fingerprint density at radius 2 is 1.88 bits per heavy atom. The lowest BCUT2D eigenvalue weighted by Gasteiger charge is -2.44. The van der Waals surface area contributed by atoms with Crippen molar-refractivity contribution in [3.8, 4) is 0 Å². The molecule has 0 aromatic carbocycles. The van der Waals surface area contributed by atoms with E-state index >= 15 is 0 Å². The molecule has 1 aliphatic rings. The molecule has 0 unspecified atom stereocenters. The van der Waals surface area contributed by atoms with Crippen molar-refractivity contribution in [1.29, 1.82) is 0 Å². The fourth-order valence-corrected chi connectivity index (χ4v) is 3.01.